The van der Waals surface area contributed by atoms with Crippen LogP contribution in [0.15, 0.2) is 162 Å². The Kier molecular flexibility index (Phi) is 4.11. The van der Waals surface area contributed by atoms with E-state index in [0.717, 1.165) is 49.0 Å². The maximum atomic E-state index is 9.57. The summed E-state index contributed by atoms with van der Waals surface area (Å²) in [5.41, 5.74) is 5.05. The van der Waals surface area contributed by atoms with Crippen LogP contribution in [-0.2, 0) is 0 Å². The predicted octanol–water partition coefficient (Wildman–Crippen LogP) is 12.0. The van der Waals surface area contributed by atoms with E-state index in [1.54, 1.807) is 12.1 Å². The van der Waals surface area contributed by atoms with Crippen LogP contribution in [0, 0.1) is 0 Å². The fourth-order valence-corrected chi connectivity index (χ4v) is 6.34. The number of fused-ring (bicyclic) bond motifs is 6. The molecular formula is C42H26O. The molecule has 0 spiro atoms. The Balaban J connectivity index is 1.37. The highest BCUT2D eigenvalue weighted by molar-refractivity contribution is 6.21. The number of para-hydroxylation sites is 1. The fraction of sp³-hybridized carbons (Fsp3) is 0. The van der Waals surface area contributed by atoms with E-state index in [-0.39, 0.29) is 58.2 Å². The van der Waals surface area contributed by atoms with Crippen molar-refractivity contribution in [1.82, 2.24) is 0 Å². The van der Waals surface area contributed by atoms with Crippen LogP contribution < -0.4 is 0 Å². The van der Waals surface area contributed by atoms with Gasteiger partial charge in [-0.1, -0.05) is 127 Å². The molecule has 1 heterocycles. The number of hydrogen-bond acceptors (Lipinski definition) is 1. The van der Waals surface area contributed by atoms with E-state index >= 15 is 0 Å². The van der Waals surface area contributed by atoms with Crippen molar-refractivity contribution in [2.75, 3.05) is 0 Å². The lowest BCUT2D eigenvalue weighted by atomic mass is 9.85. The van der Waals surface area contributed by atoms with Gasteiger partial charge in [-0.05, 0) is 96.0 Å². The van der Waals surface area contributed by atoms with Gasteiger partial charge in [-0.2, -0.15) is 0 Å². The van der Waals surface area contributed by atoms with Crippen LogP contribution in [0.2, 0.25) is 0 Å². The van der Waals surface area contributed by atoms with Crippen LogP contribution in [0.3, 0.4) is 0 Å². The second-order valence-electron chi connectivity index (χ2n) is 10.8. The molecule has 200 valence electrons. The maximum Gasteiger partial charge on any atom is 0.135 e. The highest BCUT2D eigenvalue weighted by Crippen LogP contribution is 2.44. The summed E-state index contributed by atoms with van der Waals surface area (Å²) >= 11 is 0. The Morgan fingerprint density at radius 2 is 0.884 bits per heavy atom. The van der Waals surface area contributed by atoms with Crippen LogP contribution in [0.4, 0.5) is 0 Å². The molecule has 1 heteroatoms. The van der Waals surface area contributed by atoms with Crippen molar-refractivity contribution < 1.29 is 12.6 Å². The van der Waals surface area contributed by atoms with Crippen LogP contribution in [0.1, 0.15) is 8.22 Å². The third kappa shape index (κ3) is 3.79. The summed E-state index contributed by atoms with van der Waals surface area (Å²) in [4.78, 5) is 0. The first kappa shape index (κ1) is 18.7. The standard InChI is InChI=1S/C42H26O/c1-2-10-27(11-3-1)41-34-13-4-6-15-36(34)42(37-16-7-5-14-35(37)41)32-21-20-28-24-29(18-19-30(28)25-32)31-22-23-40-38(26-31)33-12-8-9-17-39(33)43-40/h1-26H/i18D,19D,20D,21D,24D,25D. The largest absolute Gasteiger partial charge is 0.456 e. The van der Waals surface area contributed by atoms with Gasteiger partial charge in [-0.15, -0.1) is 0 Å². The third-order valence-corrected chi connectivity index (χ3v) is 8.28. The van der Waals surface area contributed by atoms with Crippen molar-refractivity contribution in [1.29, 1.82) is 0 Å². The molecule has 0 aliphatic heterocycles. The van der Waals surface area contributed by atoms with Gasteiger partial charge in [-0.3, -0.25) is 0 Å². The van der Waals surface area contributed by atoms with E-state index in [0.29, 0.717) is 16.7 Å². The maximum absolute atomic E-state index is 9.57. The Morgan fingerprint density at radius 3 is 1.56 bits per heavy atom. The summed E-state index contributed by atoms with van der Waals surface area (Å²) in [7, 11) is 0. The molecule has 0 saturated heterocycles. The average molecular weight is 553 g/mol. The second kappa shape index (κ2) is 9.44. The van der Waals surface area contributed by atoms with Gasteiger partial charge in [0.2, 0.25) is 0 Å². The van der Waals surface area contributed by atoms with Gasteiger partial charge in [0.25, 0.3) is 0 Å². The molecule has 0 bridgehead atoms. The summed E-state index contributed by atoms with van der Waals surface area (Å²) in [6.07, 6.45) is 0. The van der Waals surface area contributed by atoms with E-state index < -0.39 is 0 Å². The second-order valence-corrected chi connectivity index (χ2v) is 10.8. The molecule has 0 amide bonds. The van der Waals surface area contributed by atoms with Crippen molar-refractivity contribution >= 4 is 54.3 Å². The smallest absolute Gasteiger partial charge is 0.135 e. The van der Waals surface area contributed by atoms with E-state index in [1.807, 2.05) is 97.1 Å². The van der Waals surface area contributed by atoms with E-state index in [9.17, 15) is 6.85 Å². The fourth-order valence-electron chi connectivity index (χ4n) is 6.34. The monoisotopic (exact) mass is 552 g/mol. The highest BCUT2D eigenvalue weighted by atomic mass is 16.3. The van der Waals surface area contributed by atoms with Crippen LogP contribution in [0.5, 0.6) is 0 Å². The minimum absolute atomic E-state index is 0.0291. The molecule has 0 saturated carbocycles. The van der Waals surface area contributed by atoms with Gasteiger partial charge in [0.05, 0.1) is 8.22 Å². The zero-order chi connectivity index (χ0) is 33.6. The SMILES string of the molecule is [2H]c1c(-c2c3ccccc3c(-c3ccccc3)c3ccccc23)c([2H])c2c([2H])c([2H])c(-c3ccc4oc5ccccc5c4c3)c([2H])c2c1[2H]. The first-order valence-corrected chi connectivity index (χ1v) is 14.3. The molecule has 0 unspecified atom stereocenters. The molecule has 43 heavy (non-hydrogen) atoms. The van der Waals surface area contributed by atoms with Crippen molar-refractivity contribution in [3.8, 4) is 33.4 Å². The molecule has 0 radical (unpaired) electrons. The highest BCUT2D eigenvalue weighted by Gasteiger charge is 2.16. The zero-order valence-electron chi connectivity index (χ0n) is 29.0. The Hall–Kier alpha value is -5.66. The Bertz CT molecular complexity index is 2780. The van der Waals surface area contributed by atoms with Crippen LogP contribution >= 0.6 is 0 Å². The molecule has 0 fully saturated rings. The van der Waals surface area contributed by atoms with E-state index in [1.165, 1.54) is 0 Å². The van der Waals surface area contributed by atoms with Gasteiger partial charge >= 0.3 is 0 Å². The summed E-state index contributed by atoms with van der Waals surface area (Å²) in [5.74, 6) is 0. The molecular weight excluding hydrogens is 520 g/mol. The molecule has 1 nitrogen and oxygen atoms in total. The minimum Gasteiger partial charge on any atom is -0.456 e. The molecule has 0 aliphatic carbocycles. The van der Waals surface area contributed by atoms with Crippen molar-refractivity contribution in [2.45, 2.75) is 0 Å². The van der Waals surface area contributed by atoms with Gasteiger partial charge in [-0.25, -0.2) is 0 Å². The molecule has 8 aromatic carbocycles. The normalized spacial score (nSPS) is 13.7. The molecule has 0 aliphatic rings. The van der Waals surface area contributed by atoms with Crippen LogP contribution in [-0.4, -0.2) is 0 Å². The summed E-state index contributed by atoms with van der Waals surface area (Å²) < 4.78 is 61.9. The van der Waals surface area contributed by atoms with Gasteiger partial charge in [0, 0.05) is 10.8 Å². The molecule has 9 aromatic rings. The lowest BCUT2D eigenvalue weighted by Gasteiger charge is -2.18. The van der Waals surface area contributed by atoms with E-state index in [4.69, 9.17) is 5.79 Å². The Labute approximate surface area is 257 Å². The topological polar surface area (TPSA) is 13.1 Å². The Morgan fingerprint density at radius 1 is 0.372 bits per heavy atom. The lowest BCUT2D eigenvalue weighted by molar-refractivity contribution is 0.669. The molecule has 0 atom stereocenters. The quantitative estimate of drug-likeness (QED) is 0.199. The van der Waals surface area contributed by atoms with Gasteiger partial charge in [0.1, 0.15) is 11.2 Å². The van der Waals surface area contributed by atoms with Crippen molar-refractivity contribution in [2.24, 2.45) is 0 Å². The summed E-state index contributed by atoms with van der Waals surface area (Å²) in [6.45, 7) is 0. The first-order chi connectivity index (χ1) is 23.8. The molecule has 9 rings (SSSR count). The number of rotatable bonds is 3. The number of furan rings is 1. The summed E-state index contributed by atoms with van der Waals surface area (Å²) in [6, 6.07) is 37.9. The van der Waals surface area contributed by atoms with Gasteiger partial charge in [0.15, 0.2) is 0 Å². The van der Waals surface area contributed by atoms with Crippen molar-refractivity contribution in [3.63, 3.8) is 0 Å². The first-order valence-electron chi connectivity index (χ1n) is 17.3. The molecule has 0 N–H and O–H groups in total. The number of hydrogen-bond donors (Lipinski definition) is 0. The molecule has 1 aromatic heterocycles. The van der Waals surface area contributed by atoms with Crippen LogP contribution in [0.25, 0.3) is 87.6 Å². The van der Waals surface area contributed by atoms with Crippen molar-refractivity contribution in [3.05, 3.63) is 158 Å². The zero-order valence-corrected chi connectivity index (χ0v) is 23.0. The minimum atomic E-state index is -0.243. The predicted molar refractivity (Wildman–Crippen MR) is 183 cm³/mol. The summed E-state index contributed by atoms with van der Waals surface area (Å²) in [5, 5.41) is 5.31. The average Bonchev–Trinajstić information content (AvgIpc) is 3.50. The van der Waals surface area contributed by atoms with Gasteiger partial charge < -0.3 is 4.42 Å². The number of benzene rings is 8. The third-order valence-electron chi connectivity index (χ3n) is 8.28. The lowest BCUT2D eigenvalue weighted by Crippen LogP contribution is -1.90. The van der Waals surface area contributed by atoms with E-state index in [2.05, 4.69) is 12.1 Å².